The van der Waals surface area contributed by atoms with E-state index in [0.29, 0.717) is 6.61 Å². The highest BCUT2D eigenvalue weighted by molar-refractivity contribution is 5.92. The molecule has 2 aromatic rings. The van der Waals surface area contributed by atoms with E-state index < -0.39 is 36.3 Å². The molecular formula is C24H27N3O7. The van der Waals surface area contributed by atoms with Crippen LogP contribution in [-0.4, -0.2) is 68.4 Å². The topological polar surface area (TPSA) is 143 Å². The molecule has 0 spiro atoms. The van der Waals surface area contributed by atoms with E-state index in [9.17, 15) is 19.2 Å². The van der Waals surface area contributed by atoms with Crippen molar-refractivity contribution in [3.63, 3.8) is 0 Å². The molecule has 1 atom stereocenters. The minimum absolute atomic E-state index is 0.0170. The lowest BCUT2D eigenvalue weighted by Crippen LogP contribution is -2.50. The SMILES string of the molecule is COCCNC(=O)CNC(=O)C(CC(=O)O)NC(=O)OCC1c2ccccc2-c2ccccc21. The number of rotatable bonds is 11. The van der Waals surface area contributed by atoms with Gasteiger partial charge >= 0.3 is 12.1 Å². The molecule has 180 valence electrons. The Morgan fingerprint density at radius 3 is 2.18 bits per heavy atom. The zero-order valence-corrected chi connectivity index (χ0v) is 18.7. The second-order valence-corrected chi connectivity index (χ2v) is 7.68. The first-order valence-corrected chi connectivity index (χ1v) is 10.8. The van der Waals surface area contributed by atoms with Gasteiger partial charge in [0.1, 0.15) is 12.6 Å². The van der Waals surface area contributed by atoms with Crippen molar-refractivity contribution >= 4 is 23.9 Å². The third-order valence-corrected chi connectivity index (χ3v) is 5.38. The van der Waals surface area contributed by atoms with E-state index in [1.807, 2.05) is 48.5 Å². The van der Waals surface area contributed by atoms with Crippen molar-refractivity contribution in [1.82, 2.24) is 16.0 Å². The number of ether oxygens (including phenoxy) is 2. The molecule has 0 heterocycles. The van der Waals surface area contributed by atoms with Crippen LogP contribution in [0.5, 0.6) is 0 Å². The van der Waals surface area contributed by atoms with E-state index in [4.69, 9.17) is 14.6 Å². The van der Waals surface area contributed by atoms with Crippen molar-refractivity contribution < 1.29 is 33.8 Å². The van der Waals surface area contributed by atoms with E-state index >= 15 is 0 Å². The Balaban J connectivity index is 1.57. The van der Waals surface area contributed by atoms with Gasteiger partial charge in [0, 0.05) is 19.6 Å². The molecule has 3 amide bonds. The maximum Gasteiger partial charge on any atom is 0.407 e. The number of alkyl carbamates (subject to hydrolysis) is 1. The van der Waals surface area contributed by atoms with Crippen LogP contribution in [0.4, 0.5) is 4.79 Å². The predicted octanol–water partition coefficient (Wildman–Crippen LogP) is 1.25. The number of methoxy groups -OCH3 is 1. The van der Waals surface area contributed by atoms with Gasteiger partial charge in [0.25, 0.3) is 0 Å². The maximum atomic E-state index is 12.4. The van der Waals surface area contributed by atoms with Crippen LogP contribution in [-0.2, 0) is 23.9 Å². The van der Waals surface area contributed by atoms with Crippen molar-refractivity contribution in [1.29, 1.82) is 0 Å². The molecule has 10 heteroatoms. The van der Waals surface area contributed by atoms with Gasteiger partial charge in [0.2, 0.25) is 11.8 Å². The lowest BCUT2D eigenvalue weighted by molar-refractivity contribution is -0.139. The normalized spacial score (nSPS) is 12.7. The van der Waals surface area contributed by atoms with Crippen LogP contribution in [0, 0.1) is 0 Å². The van der Waals surface area contributed by atoms with Crippen LogP contribution < -0.4 is 16.0 Å². The minimum Gasteiger partial charge on any atom is -0.481 e. The summed E-state index contributed by atoms with van der Waals surface area (Å²) in [6, 6.07) is 14.3. The van der Waals surface area contributed by atoms with Crippen molar-refractivity contribution in [3.8, 4) is 11.1 Å². The summed E-state index contributed by atoms with van der Waals surface area (Å²) in [5.74, 6) is -2.75. The lowest BCUT2D eigenvalue weighted by Gasteiger charge is -2.18. The Hall–Kier alpha value is -3.92. The van der Waals surface area contributed by atoms with E-state index in [1.54, 1.807) is 0 Å². The molecule has 1 aliphatic rings. The van der Waals surface area contributed by atoms with Gasteiger partial charge in [-0.15, -0.1) is 0 Å². The van der Waals surface area contributed by atoms with Gasteiger partial charge in [-0.2, -0.15) is 0 Å². The van der Waals surface area contributed by atoms with Gasteiger partial charge in [-0.05, 0) is 22.3 Å². The first kappa shape index (κ1) is 24.7. The number of fused-ring (bicyclic) bond motifs is 3. The number of amides is 3. The average molecular weight is 469 g/mol. The monoisotopic (exact) mass is 469 g/mol. The average Bonchev–Trinajstić information content (AvgIpc) is 3.14. The highest BCUT2D eigenvalue weighted by Crippen LogP contribution is 2.44. The zero-order chi connectivity index (χ0) is 24.5. The summed E-state index contributed by atoms with van der Waals surface area (Å²) >= 11 is 0. The summed E-state index contributed by atoms with van der Waals surface area (Å²) in [7, 11) is 1.49. The van der Waals surface area contributed by atoms with Crippen LogP contribution in [0.15, 0.2) is 48.5 Å². The first-order chi connectivity index (χ1) is 16.4. The summed E-state index contributed by atoms with van der Waals surface area (Å²) in [6.45, 7) is 0.223. The third kappa shape index (κ3) is 6.32. The lowest BCUT2D eigenvalue weighted by atomic mass is 9.98. The van der Waals surface area contributed by atoms with E-state index in [1.165, 1.54) is 7.11 Å². The Morgan fingerprint density at radius 1 is 0.971 bits per heavy atom. The molecule has 1 aliphatic carbocycles. The van der Waals surface area contributed by atoms with Crippen molar-refractivity contribution in [2.45, 2.75) is 18.4 Å². The molecule has 1 unspecified atom stereocenters. The number of benzene rings is 2. The number of nitrogens with one attached hydrogen (secondary N) is 3. The van der Waals surface area contributed by atoms with E-state index in [-0.39, 0.29) is 25.6 Å². The minimum atomic E-state index is -1.40. The van der Waals surface area contributed by atoms with Crippen molar-refractivity contribution in [2.24, 2.45) is 0 Å². The Kier molecular flexibility index (Phi) is 8.58. The molecular weight excluding hydrogens is 442 g/mol. The van der Waals surface area contributed by atoms with Gasteiger partial charge in [-0.25, -0.2) is 4.79 Å². The second-order valence-electron chi connectivity index (χ2n) is 7.68. The van der Waals surface area contributed by atoms with Crippen LogP contribution in [0.25, 0.3) is 11.1 Å². The van der Waals surface area contributed by atoms with E-state index in [0.717, 1.165) is 22.3 Å². The molecule has 0 bridgehead atoms. The maximum absolute atomic E-state index is 12.4. The number of hydrogen-bond acceptors (Lipinski definition) is 6. The second kappa shape index (κ2) is 11.8. The van der Waals surface area contributed by atoms with Crippen LogP contribution in [0.2, 0.25) is 0 Å². The largest absolute Gasteiger partial charge is 0.481 e. The van der Waals surface area contributed by atoms with Gasteiger partial charge in [0.15, 0.2) is 0 Å². The van der Waals surface area contributed by atoms with Gasteiger partial charge in [0.05, 0.1) is 19.6 Å². The molecule has 34 heavy (non-hydrogen) atoms. The molecule has 0 aliphatic heterocycles. The Labute approximate surface area is 196 Å². The number of carboxylic acids is 1. The number of carbonyl (C=O) groups excluding carboxylic acids is 3. The molecule has 3 rings (SSSR count). The van der Waals surface area contributed by atoms with Crippen LogP contribution in [0.1, 0.15) is 23.5 Å². The number of aliphatic carboxylic acids is 1. The highest BCUT2D eigenvalue weighted by atomic mass is 16.5. The number of carbonyl (C=O) groups is 4. The van der Waals surface area contributed by atoms with Crippen LogP contribution >= 0.6 is 0 Å². The molecule has 0 saturated carbocycles. The summed E-state index contributed by atoms with van der Waals surface area (Å²) < 4.78 is 10.2. The van der Waals surface area contributed by atoms with Crippen molar-refractivity contribution in [2.75, 3.05) is 33.4 Å². The number of carboxylic acid groups (broad SMARTS) is 1. The number of hydrogen-bond donors (Lipinski definition) is 4. The van der Waals surface area contributed by atoms with Crippen molar-refractivity contribution in [3.05, 3.63) is 59.7 Å². The molecule has 4 N–H and O–H groups in total. The predicted molar refractivity (Wildman–Crippen MR) is 122 cm³/mol. The Morgan fingerprint density at radius 2 is 1.59 bits per heavy atom. The molecule has 0 radical (unpaired) electrons. The summed E-state index contributed by atoms with van der Waals surface area (Å²) in [4.78, 5) is 47.7. The van der Waals surface area contributed by atoms with E-state index in [2.05, 4.69) is 16.0 Å². The summed E-state index contributed by atoms with van der Waals surface area (Å²) in [5, 5.41) is 16.3. The van der Waals surface area contributed by atoms with Crippen LogP contribution in [0.3, 0.4) is 0 Å². The summed E-state index contributed by atoms with van der Waals surface area (Å²) in [6.07, 6.45) is -1.59. The Bertz CT molecular complexity index is 1010. The first-order valence-electron chi connectivity index (χ1n) is 10.8. The molecule has 0 fully saturated rings. The molecule has 2 aromatic carbocycles. The highest BCUT2D eigenvalue weighted by Gasteiger charge is 2.30. The fraction of sp³-hybridized carbons (Fsp3) is 0.333. The van der Waals surface area contributed by atoms with Gasteiger partial charge in [-0.3, -0.25) is 14.4 Å². The standard InChI is InChI=1S/C24H27N3O7/c1-33-11-10-25-21(28)13-26-23(31)20(12-22(29)30)27-24(32)34-14-19-17-8-4-2-6-15(17)16-7-3-5-9-18(16)19/h2-9,19-20H,10-14H2,1H3,(H,25,28)(H,26,31)(H,27,32)(H,29,30). The fourth-order valence-corrected chi connectivity index (χ4v) is 3.81. The molecule has 0 saturated heterocycles. The smallest absolute Gasteiger partial charge is 0.407 e. The summed E-state index contributed by atoms with van der Waals surface area (Å²) in [5.41, 5.74) is 4.18. The molecule has 10 nitrogen and oxygen atoms in total. The van der Waals surface area contributed by atoms with Gasteiger partial charge in [-0.1, -0.05) is 48.5 Å². The fourth-order valence-electron chi connectivity index (χ4n) is 3.81. The van der Waals surface area contributed by atoms with Gasteiger partial charge < -0.3 is 30.5 Å². The quantitative estimate of drug-likeness (QED) is 0.363. The third-order valence-electron chi connectivity index (χ3n) is 5.38. The molecule has 0 aromatic heterocycles. The zero-order valence-electron chi connectivity index (χ0n) is 18.7.